The number of nitrogens with zero attached hydrogens (tertiary/aromatic N) is 4. The molecule has 0 aliphatic heterocycles. The molecular formula is C28H29N5O2. The van der Waals surface area contributed by atoms with Crippen LogP contribution < -0.4 is 5.32 Å². The Morgan fingerprint density at radius 2 is 1.74 bits per heavy atom. The van der Waals surface area contributed by atoms with Gasteiger partial charge in [0.25, 0.3) is 11.8 Å². The molecule has 2 aromatic heterocycles. The molecule has 0 fully saturated rings. The molecule has 2 heterocycles. The number of hydrogen-bond donors (Lipinski definition) is 1. The Kier molecular flexibility index (Phi) is 7.67. The fraction of sp³-hybridized carbons (Fsp3) is 0.214. The Hall–Kier alpha value is -4.26. The first kappa shape index (κ1) is 23.9. The standard InChI is InChI=1S/C28H29N5O2/c1-32-18-7-13-25(32)27(34)31-17-14-24(19-21-9-4-3-5-10-21)33(2)28(35)23-12-6-11-22(20-23)26-29-15-8-16-30-26/h3-13,15-16,18,20,24H,14,17,19H2,1-2H3,(H,31,34)/t24-/m1/s1. The van der Waals surface area contributed by atoms with Crippen molar-refractivity contribution in [3.05, 3.63) is 108 Å². The Labute approximate surface area is 205 Å². The lowest BCUT2D eigenvalue weighted by Gasteiger charge is -2.29. The number of likely N-dealkylation sites (N-methyl/N-ethyl adjacent to an activating group) is 1. The molecule has 0 spiro atoms. The van der Waals surface area contributed by atoms with Gasteiger partial charge in [0, 0.05) is 56.4 Å². The van der Waals surface area contributed by atoms with Crippen molar-refractivity contribution in [3.8, 4) is 11.4 Å². The van der Waals surface area contributed by atoms with Gasteiger partial charge in [0.05, 0.1) is 0 Å². The van der Waals surface area contributed by atoms with Gasteiger partial charge in [-0.2, -0.15) is 0 Å². The molecule has 7 heteroatoms. The minimum absolute atomic E-state index is 0.0857. The van der Waals surface area contributed by atoms with Crippen molar-refractivity contribution < 1.29 is 9.59 Å². The lowest BCUT2D eigenvalue weighted by atomic mass is 10.0. The molecular weight excluding hydrogens is 438 g/mol. The molecule has 4 aromatic rings. The second-order valence-electron chi connectivity index (χ2n) is 8.46. The highest BCUT2D eigenvalue weighted by atomic mass is 16.2. The fourth-order valence-corrected chi connectivity index (χ4v) is 4.07. The predicted octanol–water partition coefficient (Wildman–Crippen LogP) is 3.99. The molecule has 0 radical (unpaired) electrons. The molecule has 2 amide bonds. The molecule has 0 unspecified atom stereocenters. The monoisotopic (exact) mass is 467 g/mol. The summed E-state index contributed by atoms with van der Waals surface area (Å²) in [5.74, 6) is 0.368. The number of carbonyl (C=O) groups excluding carboxylic acids is 2. The Balaban J connectivity index is 1.49. The Morgan fingerprint density at radius 3 is 2.46 bits per heavy atom. The number of amides is 2. The van der Waals surface area contributed by atoms with Gasteiger partial charge in [-0.3, -0.25) is 9.59 Å². The number of benzene rings is 2. The average molecular weight is 468 g/mol. The van der Waals surface area contributed by atoms with E-state index in [0.29, 0.717) is 36.5 Å². The molecule has 0 aliphatic rings. The molecule has 2 aromatic carbocycles. The summed E-state index contributed by atoms with van der Waals surface area (Å²) in [6, 6.07) is 22.7. The summed E-state index contributed by atoms with van der Waals surface area (Å²) in [5, 5.41) is 2.99. The minimum Gasteiger partial charge on any atom is -0.351 e. The van der Waals surface area contributed by atoms with Gasteiger partial charge in [-0.15, -0.1) is 0 Å². The summed E-state index contributed by atoms with van der Waals surface area (Å²) in [5.41, 5.74) is 3.11. The highest BCUT2D eigenvalue weighted by Gasteiger charge is 2.22. The first-order chi connectivity index (χ1) is 17.0. The van der Waals surface area contributed by atoms with Crippen LogP contribution in [0.2, 0.25) is 0 Å². The van der Waals surface area contributed by atoms with Crippen molar-refractivity contribution in [1.82, 2.24) is 24.8 Å². The minimum atomic E-state index is -0.125. The van der Waals surface area contributed by atoms with E-state index < -0.39 is 0 Å². The molecule has 7 nitrogen and oxygen atoms in total. The summed E-state index contributed by atoms with van der Waals surface area (Å²) in [7, 11) is 3.66. The van der Waals surface area contributed by atoms with E-state index in [4.69, 9.17) is 0 Å². The number of rotatable bonds is 9. The molecule has 0 aliphatic carbocycles. The predicted molar refractivity (Wildman–Crippen MR) is 136 cm³/mol. The van der Waals surface area contributed by atoms with Crippen molar-refractivity contribution in [2.24, 2.45) is 7.05 Å². The maximum absolute atomic E-state index is 13.5. The SMILES string of the molecule is CN(C(=O)c1cccc(-c2ncccn2)c1)[C@H](CCNC(=O)c1cccn1C)Cc1ccccc1. The molecule has 1 N–H and O–H groups in total. The van der Waals surface area contributed by atoms with E-state index in [-0.39, 0.29) is 17.9 Å². The Bertz CT molecular complexity index is 1270. The van der Waals surface area contributed by atoms with Crippen LogP contribution >= 0.6 is 0 Å². The molecule has 0 bridgehead atoms. The van der Waals surface area contributed by atoms with Crippen molar-refractivity contribution in [3.63, 3.8) is 0 Å². The summed E-state index contributed by atoms with van der Waals surface area (Å²) in [6.07, 6.45) is 6.51. The molecule has 0 saturated heterocycles. The van der Waals surface area contributed by atoms with Crippen LogP contribution in [0, 0.1) is 0 Å². The second-order valence-corrected chi connectivity index (χ2v) is 8.46. The van der Waals surface area contributed by atoms with Gasteiger partial charge >= 0.3 is 0 Å². The quantitative estimate of drug-likeness (QED) is 0.404. The lowest BCUT2D eigenvalue weighted by Crippen LogP contribution is -2.41. The van der Waals surface area contributed by atoms with Crippen LogP contribution in [0.3, 0.4) is 0 Å². The zero-order valence-electron chi connectivity index (χ0n) is 20.0. The van der Waals surface area contributed by atoms with Gasteiger partial charge in [0.15, 0.2) is 5.82 Å². The van der Waals surface area contributed by atoms with Crippen LogP contribution in [0.4, 0.5) is 0 Å². The van der Waals surface area contributed by atoms with E-state index in [9.17, 15) is 9.59 Å². The van der Waals surface area contributed by atoms with Crippen LogP contribution in [-0.2, 0) is 13.5 Å². The van der Waals surface area contributed by atoms with E-state index in [0.717, 1.165) is 11.1 Å². The number of nitrogens with one attached hydrogen (secondary N) is 1. The molecule has 35 heavy (non-hydrogen) atoms. The number of carbonyl (C=O) groups is 2. The van der Waals surface area contributed by atoms with Gasteiger partial charge < -0.3 is 14.8 Å². The van der Waals surface area contributed by atoms with E-state index in [1.54, 1.807) is 34.0 Å². The number of hydrogen-bond acceptors (Lipinski definition) is 4. The van der Waals surface area contributed by atoms with Crippen LogP contribution in [0.15, 0.2) is 91.4 Å². The van der Waals surface area contributed by atoms with E-state index in [1.807, 2.05) is 68.8 Å². The van der Waals surface area contributed by atoms with Gasteiger partial charge in [0.2, 0.25) is 0 Å². The smallest absolute Gasteiger partial charge is 0.267 e. The maximum atomic E-state index is 13.5. The van der Waals surface area contributed by atoms with Gasteiger partial charge in [-0.25, -0.2) is 9.97 Å². The van der Waals surface area contributed by atoms with Crippen molar-refractivity contribution in [2.45, 2.75) is 18.9 Å². The molecule has 0 saturated carbocycles. The van der Waals surface area contributed by atoms with Crippen LogP contribution in [-0.4, -0.2) is 50.9 Å². The topological polar surface area (TPSA) is 80.1 Å². The average Bonchev–Trinajstić information content (AvgIpc) is 3.34. The summed E-state index contributed by atoms with van der Waals surface area (Å²) >= 11 is 0. The van der Waals surface area contributed by atoms with E-state index in [2.05, 4.69) is 27.4 Å². The number of aromatic nitrogens is 3. The Morgan fingerprint density at radius 1 is 0.971 bits per heavy atom. The largest absolute Gasteiger partial charge is 0.351 e. The first-order valence-corrected chi connectivity index (χ1v) is 11.6. The third kappa shape index (κ3) is 6.00. The van der Waals surface area contributed by atoms with Crippen LogP contribution in [0.1, 0.15) is 32.8 Å². The highest BCUT2D eigenvalue weighted by Crippen LogP contribution is 2.19. The molecule has 178 valence electrons. The van der Waals surface area contributed by atoms with E-state index in [1.165, 1.54) is 0 Å². The number of aryl methyl sites for hydroxylation is 1. The lowest BCUT2D eigenvalue weighted by molar-refractivity contribution is 0.0723. The van der Waals surface area contributed by atoms with Crippen LogP contribution in [0.25, 0.3) is 11.4 Å². The van der Waals surface area contributed by atoms with Gasteiger partial charge in [0.1, 0.15) is 5.69 Å². The van der Waals surface area contributed by atoms with Gasteiger partial charge in [-0.05, 0) is 48.7 Å². The van der Waals surface area contributed by atoms with Crippen molar-refractivity contribution >= 4 is 11.8 Å². The third-order valence-electron chi connectivity index (χ3n) is 6.06. The first-order valence-electron chi connectivity index (χ1n) is 11.6. The van der Waals surface area contributed by atoms with Crippen molar-refractivity contribution in [2.75, 3.05) is 13.6 Å². The molecule has 1 atom stereocenters. The second kappa shape index (κ2) is 11.2. The fourth-order valence-electron chi connectivity index (χ4n) is 4.07. The summed E-state index contributed by atoms with van der Waals surface area (Å²) in [4.78, 5) is 36.4. The van der Waals surface area contributed by atoms with Crippen molar-refractivity contribution in [1.29, 1.82) is 0 Å². The highest BCUT2D eigenvalue weighted by molar-refractivity contribution is 5.95. The van der Waals surface area contributed by atoms with E-state index >= 15 is 0 Å². The summed E-state index contributed by atoms with van der Waals surface area (Å²) < 4.78 is 1.79. The zero-order chi connectivity index (χ0) is 24.6. The van der Waals surface area contributed by atoms with Crippen LogP contribution in [0.5, 0.6) is 0 Å². The normalized spacial score (nSPS) is 11.6. The maximum Gasteiger partial charge on any atom is 0.267 e. The molecule has 4 rings (SSSR count). The zero-order valence-corrected chi connectivity index (χ0v) is 20.0. The van der Waals surface area contributed by atoms with Gasteiger partial charge in [-0.1, -0.05) is 42.5 Å². The third-order valence-corrected chi connectivity index (χ3v) is 6.06. The summed E-state index contributed by atoms with van der Waals surface area (Å²) in [6.45, 7) is 0.455.